The SMILES string of the molecule is COc1cnc(NC(=O)C(C)(C(F)(F)F)C(F)(F)F)cc1CN1CCOCC1. The van der Waals surface area contributed by atoms with Crippen molar-refractivity contribution in [3.63, 3.8) is 0 Å². The standard InChI is InChI=1S/C16H19F6N3O3/c1-14(15(17,18)19,16(20,21)22)13(26)24-12-7-10(11(27-2)8-23-12)9-25-3-5-28-6-4-25/h7-8H,3-6,9H2,1-2H3,(H,23,24,26). The molecule has 0 aromatic carbocycles. The first-order chi connectivity index (χ1) is 12.9. The fourth-order valence-electron chi connectivity index (χ4n) is 2.52. The summed E-state index contributed by atoms with van der Waals surface area (Å²) in [6, 6.07) is 1.19. The maximum Gasteiger partial charge on any atom is 0.411 e. The Balaban J connectivity index is 2.27. The largest absolute Gasteiger partial charge is 0.495 e. The van der Waals surface area contributed by atoms with E-state index >= 15 is 0 Å². The van der Waals surface area contributed by atoms with Crippen LogP contribution in [0.2, 0.25) is 0 Å². The Labute approximate surface area is 156 Å². The Bertz CT molecular complexity index is 688. The fourth-order valence-corrected chi connectivity index (χ4v) is 2.52. The average Bonchev–Trinajstić information content (AvgIpc) is 2.60. The highest BCUT2D eigenvalue weighted by molar-refractivity contribution is 5.95. The highest BCUT2D eigenvalue weighted by atomic mass is 19.4. The van der Waals surface area contributed by atoms with Gasteiger partial charge in [0.1, 0.15) is 11.6 Å². The summed E-state index contributed by atoms with van der Waals surface area (Å²) in [7, 11) is 1.35. The number of aromatic nitrogens is 1. The van der Waals surface area contributed by atoms with Gasteiger partial charge in [-0.2, -0.15) is 26.3 Å². The van der Waals surface area contributed by atoms with Gasteiger partial charge in [-0.1, -0.05) is 0 Å². The van der Waals surface area contributed by atoms with Crippen molar-refractivity contribution in [2.24, 2.45) is 5.41 Å². The number of nitrogens with one attached hydrogen (secondary N) is 1. The maximum absolute atomic E-state index is 13.0. The van der Waals surface area contributed by atoms with Crippen molar-refractivity contribution in [3.05, 3.63) is 17.8 Å². The number of ether oxygens (including phenoxy) is 2. The van der Waals surface area contributed by atoms with Gasteiger partial charge in [0.25, 0.3) is 0 Å². The number of nitrogens with zero attached hydrogens (tertiary/aromatic N) is 2. The lowest BCUT2D eigenvalue weighted by atomic mass is 9.87. The number of alkyl halides is 6. The van der Waals surface area contributed by atoms with Crippen molar-refractivity contribution >= 4 is 11.7 Å². The van der Waals surface area contributed by atoms with E-state index in [4.69, 9.17) is 9.47 Å². The third kappa shape index (κ3) is 4.49. The van der Waals surface area contributed by atoms with Gasteiger partial charge in [-0.25, -0.2) is 4.98 Å². The monoisotopic (exact) mass is 415 g/mol. The van der Waals surface area contributed by atoms with Crippen molar-refractivity contribution in [3.8, 4) is 5.75 Å². The van der Waals surface area contributed by atoms with Crippen LogP contribution in [0.4, 0.5) is 32.2 Å². The van der Waals surface area contributed by atoms with Crippen molar-refractivity contribution in [2.75, 3.05) is 38.7 Å². The van der Waals surface area contributed by atoms with Crippen LogP contribution in [0.25, 0.3) is 0 Å². The number of morpholine rings is 1. The van der Waals surface area contributed by atoms with Crippen LogP contribution in [-0.2, 0) is 16.1 Å². The van der Waals surface area contributed by atoms with E-state index in [0.717, 1.165) is 6.20 Å². The topological polar surface area (TPSA) is 63.7 Å². The maximum atomic E-state index is 13.0. The van der Waals surface area contributed by atoms with Crippen LogP contribution in [0.5, 0.6) is 5.75 Å². The molecule has 0 spiro atoms. The molecule has 0 radical (unpaired) electrons. The molecule has 1 aliphatic heterocycles. The van der Waals surface area contributed by atoms with Crippen LogP contribution in [0.15, 0.2) is 12.3 Å². The highest BCUT2D eigenvalue weighted by Gasteiger charge is 2.72. The summed E-state index contributed by atoms with van der Waals surface area (Å²) in [5, 5.41) is 1.64. The second-order valence-electron chi connectivity index (χ2n) is 6.34. The van der Waals surface area contributed by atoms with Crippen molar-refractivity contribution in [1.29, 1.82) is 0 Å². The Morgan fingerprint density at radius 3 is 2.29 bits per heavy atom. The zero-order valence-corrected chi connectivity index (χ0v) is 15.1. The molecule has 1 aromatic rings. The molecule has 28 heavy (non-hydrogen) atoms. The second kappa shape index (κ2) is 8.11. The lowest BCUT2D eigenvalue weighted by Crippen LogP contribution is -2.55. The van der Waals surface area contributed by atoms with Crippen LogP contribution < -0.4 is 10.1 Å². The van der Waals surface area contributed by atoms with Gasteiger partial charge in [0.15, 0.2) is 0 Å². The third-order valence-electron chi connectivity index (χ3n) is 4.50. The van der Waals surface area contributed by atoms with Gasteiger partial charge in [0.2, 0.25) is 11.3 Å². The van der Waals surface area contributed by atoms with Gasteiger partial charge in [-0.3, -0.25) is 9.69 Å². The first-order valence-corrected chi connectivity index (χ1v) is 8.18. The number of carbonyl (C=O) groups excluding carboxylic acids is 1. The van der Waals surface area contributed by atoms with Crippen LogP contribution in [0, 0.1) is 5.41 Å². The van der Waals surface area contributed by atoms with Gasteiger partial charge in [-0.15, -0.1) is 0 Å². The van der Waals surface area contributed by atoms with Crippen LogP contribution in [0.3, 0.4) is 0 Å². The molecule has 0 bridgehead atoms. The number of carbonyl (C=O) groups is 1. The van der Waals surface area contributed by atoms with Gasteiger partial charge in [-0.05, 0) is 13.0 Å². The van der Waals surface area contributed by atoms with E-state index in [2.05, 4.69) is 4.98 Å². The van der Waals surface area contributed by atoms with Crippen molar-refractivity contribution < 1.29 is 40.6 Å². The molecular weight excluding hydrogens is 396 g/mol. The van der Waals surface area contributed by atoms with Gasteiger partial charge >= 0.3 is 12.4 Å². The van der Waals surface area contributed by atoms with Gasteiger partial charge < -0.3 is 14.8 Å². The molecule has 6 nitrogen and oxygen atoms in total. The minimum absolute atomic E-state index is 0.208. The molecule has 0 unspecified atom stereocenters. The van der Waals surface area contributed by atoms with Gasteiger partial charge in [0.05, 0.1) is 26.5 Å². The molecule has 1 N–H and O–H groups in total. The number of hydrogen-bond acceptors (Lipinski definition) is 5. The normalized spacial score (nSPS) is 16.7. The number of amides is 1. The number of hydrogen-bond donors (Lipinski definition) is 1. The van der Waals surface area contributed by atoms with E-state index in [-0.39, 0.29) is 6.92 Å². The van der Waals surface area contributed by atoms with E-state index in [1.54, 1.807) is 5.32 Å². The molecule has 0 saturated carbocycles. The lowest BCUT2D eigenvalue weighted by molar-refractivity contribution is -0.317. The number of rotatable bonds is 5. The van der Waals surface area contributed by atoms with Crippen molar-refractivity contribution in [2.45, 2.75) is 25.8 Å². The second-order valence-corrected chi connectivity index (χ2v) is 6.34. The predicted molar refractivity (Wildman–Crippen MR) is 85.7 cm³/mol. The minimum Gasteiger partial charge on any atom is -0.495 e. The van der Waals surface area contributed by atoms with E-state index in [1.807, 2.05) is 4.90 Å². The molecule has 158 valence electrons. The molecule has 2 heterocycles. The van der Waals surface area contributed by atoms with Crippen LogP contribution >= 0.6 is 0 Å². The summed E-state index contributed by atoms with van der Waals surface area (Å²) in [6.07, 6.45) is -10.5. The molecule has 1 aromatic heterocycles. The molecule has 0 aliphatic carbocycles. The summed E-state index contributed by atoms with van der Waals surface area (Å²) >= 11 is 0. The van der Waals surface area contributed by atoms with Gasteiger partial charge in [0, 0.05) is 25.2 Å². The van der Waals surface area contributed by atoms with Crippen LogP contribution in [0.1, 0.15) is 12.5 Å². The van der Waals surface area contributed by atoms with E-state index < -0.39 is 29.5 Å². The summed E-state index contributed by atoms with van der Waals surface area (Å²) in [5.74, 6) is -2.41. The molecule has 1 saturated heterocycles. The molecular formula is C16H19F6N3O3. The van der Waals surface area contributed by atoms with Crippen LogP contribution in [-0.4, -0.2) is 61.6 Å². The molecule has 0 atom stereocenters. The highest BCUT2D eigenvalue weighted by Crippen LogP contribution is 2.50. The van der Waals surface area contributed by atoms with E-state index in [0.29, 0.717) is 44.2 Å². The van der Waals surface area contributed by atoms with E-state index in [1.165, 1.54) is 13.2 Å². The average molecular weight is 415 g/mol. The summed E-state index contributed by atoms with van der Waals surface area (Å²) in [5.41, 5.74) is -4.12. The molecule has 1 aliphatic rings. The number of methoxy groups -OCH3 is 1. The van der Waals surface area contributed by atoms with E-state index in [9.17, 15) is 31.1 Å². The number of halogens is 6. The molecule has 2 rings (SSSR count). The summed E-state index contributed by atoms with van der Waals surface area (Å²) in [6.45, 7) is 2.26. The molecule has 1 amide bonds. The van der Waals surface area contributed by atoms with Crippen molar-refractivity contribution in [1.82, 2.24) is 9.88 Å². The molecule has 12 heteroatoms. The Hall–Kier alpha value is -2.08. The number of anilines is 1. The summed E-state index contributed by atoms with van der Waals surface area (Å²) in [4.78, 5) is 17.6. The minimum atomic E-state index is -5.83. The fraction of sp³-hybridized carbons (Fsp3) is 0.625. The lowest BCUT2D eigenvalue weighted by Gasteiger charge is -2.32. The summed E-state index contributed by atoms with van der Waals surface area (Å²) < 4.78 is 88.5. The zero-order chi connectivity index (χ0) is 21.2. The predicted octanol–water partition coefficient (Wildman–Crippen LogP) is 2.99. The number of pyridine rings is 1. The quantitative estimate of drug-likeness (QED) is 0.750. The smallest absolute Gasteiger partial charge is 0.411 e. The Morgan fingerprint density at radius 1 is 1.21 bits per heavy atom. The third-order valence-corrected chi connectivity index (χ3v) is 4.50. The molecule has 1 fully saturated rings. The Morgan fingerprint density at radius 2 is 1.79 bits per heavy atom. The Kier molecular flexibility index (Phi) is 6.44. The first kappa shape index (κ1) is 22.2. The zero-order valence-electron chi connectivity index (χ0n) is 15.1. The first-order valence-electron chi connectivity index (χ1n) is 8.18.